The molecule has 0 radical (unpaired) electrons. The maximum atomic E-state index is 9.88. The molecule has 1 N–H and O–H groups in total. The smallest absolute Gasteiger partial charge is 0.123 e. The van der Waals surface area contributed by atoms with Crippen LogP contribution in [0.5, 0.6) is 0 Å². The summed E-state index contributed by atoms with van der Waals surface area (Å²) in [6.45, 7) is 1.06. The van der Waals surface area contributed by atoms with Gasteiger partial charge in [0.2, 0.25) is 4.92 Å². The van der Waals surface area contributed by atoms with Crippen LogP contribution in [0.25, 0.3) is 0 Å². The first-order valence-electron chi connectivity index (χ1n) is 1.74. The highest BCUT2D eigenvalue weighted by atomic mass is 16.9. The summed E-state index contributed by atoms with van der Waals surface area (Å²) in [6, 6.07) is 0. The van der Waals surface area contributed by atoms with Crippen LogP contribution in [0.15, 0.2) is 0 Å². The van der Waals surface area contributed by atoms with Gasteiger partial charge in [0.05, 0.1) is 4.91 Å². The second-order valence-electron chi connectivity index (χ2n) is 1.04. The maximum absolute atomic E-state index is 9.88. The van der Waals surface area contributed by atoms with Gasteiger partial charge in [0, 0.05) is 0 Å². The van der Waals surface area contributed by atoms with E-state index in [4.69, 9.17) is 0 Å². The molecule has 0 amide bonds. The molecule has 0 spiro atoms. The van der Waals surface area contributed by atoms with Gasteiger partial charge in [-0.15, -0.1) is 4.94 Å². The summed E-state index contributed by atoms with van der Waals surface area (Å²) in [5.41, 5.74) is 2.39. The zero-order chi connectivity index (χ0) is 4.41. The van der Waals surface area contributed by atoms with Crippen molar-refractivity contribution < 1.29 is 9.86 Å². The lowest BCUT2D eigenvalue weighted by atomic mass is 10.7. The predicted molar refractivity (Wildman–Crippen MR) is 17.6 cm³/mol. The number of nitrogens with one attached hydrogen (secondary N) is 1. The van der Waals surface area contributed by atoms with E-state index in [-0.39, 0.29) is 0 Å². The zero-order valence-electron chi connectivity index (χ0n) is 3.18. The molecule has 1 fully saturated rings. The molecule has 1 heterocycles. The van der Waals surface area contributed by atoms with Crippen molar-refractivity contribution in [3.05, 3.63) is 4.91 Å². The summed E-state index contributed by atoms with van der Waals surface area (Å²) < 4.78 is 0. The fraction of sp³-hybridized carbons (Fsp3) is 1.00. The van der Waals surface area contributed by atoms with Crippen LogP contribution in [-0.4, -0.2) is 18.0 Å². The Morgan fingerprint density at radius 1 is 1.83 bits per heavy atom. The molecule has 1 saturated heterocycles. The van der Waals surface area contributed by atoms with Crippen molar-refractivity contribution >= 4 is 0 Å². The van der Waals surface area contributed by atoms with E-state index in [0.717, 1.165) is 0 Å². The summed E-state index contributed by atoms with van der Waals surface area (Å²) in [5, 5.41) is 0. The van der Waals surface area contributed by atoms with E-state index in [1.54, 1.807) is 0 Å². The van der Waals surface area contributed by atoms with Gasteiger partial charge in [0.15, 0.2) is 0 Å². The van der Waals surface area contributed by atoms with Crippen LogP contribution in [-0.2, 0) is 4.94 Å². The van der Waals surface area contributed by atoms with E-state index in [9.17, 15) is 4.91 Å². The quantitative estimate of drug-likeness (QED) is 0.423. The number of nitrogens with zero attached hydrogens (tertiary/aromatic N) is 1. The van der Waals surface area contributed by atoms with Crippen LogP contribution in [0.4, 0.5) is 0 Å². The summed E-state index contributed by atoms with van der Waals surface area (Å²) >= 11 is 0. The molecular weight excluding hydrogens is 84.0 g/mol. The summed E-state index contributed by atoms with van der Waals surface area (Å²) in [5.74, 6) is 0. The van der Waals surface area contributed by atoms with Crippen molar-refractivity contribution in [2.24, 2.45) is 0 Å². The maximum Gasteiger partial charge on any atom is 0.266 e. The molecule has 1 aliphatic heterocycles. The lowest BCUT2D eigenvalue weighted by molar-refractivity contribution is -0.792. The summed E-state index contributed by atoms with van der Waals surface area (Å²) in [6.07, 6.45) is 0. The minimum atomic E-state index is 0.431. The second kappa shape index (κ2) is 1.22. The predicted octanol–water partition coefficient (Wildman–Crippen LogP) is -0.785. The molecule has 0 unspecified atom stereocenters. The highest BCUT2D eigenvalue weighted by molar-refractivity contribution is 4.27. The second-order valence-corrected chi connectivity index (χ2v) is 1.04. The Labute approximate surface area is 34.6 Å². The number of hydrogen-bond acceptors (Lipinski definition) is 3. The highest BCUT2D eigenvalue weighted by Gasteiger charge is 2.16. The number of rotatable bonds is 0. The molecule has 0 aliphatic carbocycles. The zero-order valence-corrected chi connectivity index (χ0v) is 3.18. The molecule has 4 nitrogen and oxygen atoms in total. The van der Waals surface area contributed by atoms with Gasteiger partial charge in [-0.3, -0.25) is 0 Å². The summed E-state index contributed by atoms with van der Waals surface area (Å²) in [7, 11) is 0. The Morgan fingerprint density at radius 2 is 2.67 bits per heavy atom. The van der Waals surface area contributed by atoms with Crippen LogP contribution >= 0.6 is 0 Å². The first-order valence-corrected chi connectivity index (χ1v) is 1.74. The topological polar surface area (TPSA) is 41.3 Å². The molecule has 0 saturated carbocycles. The first kappa shape index (κ1) is 3.55. The SMILES string of the molecule is O=[N+]1CCNO1. The van der Waals surface area contributed by atoms with E-state index >= 15 is 0 Å². The Hall–Kier alpha value is -0.640. The highest BCUT2D eigenvalue weighted by Crippen LogP contribution is 1.78. The summed E-state index contributed by atoms with van der Waals surface area (Å²) in [4.78, 5) is 14.6. The standard InChI is InChI=1S/C2H5N2O2/c5-4-2-1-3-6-4/h3H,1-2H2/q+1. The third-order valence-electron chi connectivity index (χ3n) is 0.563. The largest absolute Gasteiger partial charge is 0.266 e. The van der Waals surface area contributed by atoms with E-state index in [1.807, 2.05) is 0 Å². The van der Waals surface area contributed by atoms with Gasteiger partial charge < -0.3 is 0 Å². The van der Waals surface area contributed by atoms with Crippen molar-refractivity contribution in [1.82, 2.24) is 5.48 Å². The number of hydrogen-bond donors (Lipinski definition) is 1. The first-order chi connectivity index (χ1) is 2.89. The van der Waals surface area contributed by atoms with Crippen molar-refractivity contribution in [3.63, 3.8) is 0 Å². The van der Waals surface area contributed by atoms with Gasteiger partial charge >= 0.3 is 0 Å². The van der Waals surface area contributed by atoms with E-state index < -0.39 is 0 Å². The molecule has 0 aromatic rings. The third kappa shape index (κ3) is 0.463. The third-order valence-corrected chi connectivity index (χ3v) is 0.563. The fourth-order valence-electron chi connectivity index (χ4n) is 0.300. The molecule has 0 aromatic carbocycles. The molecule has 6 heavy (non-hydrogen) atoms. The van der Waals surface area contributed by atoms with Gasteiger partial charge in [-0.1, -0.05) is 5.48 Å². The molecule has 4 heteroatoms. The van der Waals surface area contributed by atoms with Gasteiger partial charge in [0.25, 0.3) is 6.54 Å². The van der Waals surface area contributed by atoms with Crippen LogP contribution in [0.3, 0.4) is 0 Å². The van der Waals surface area contributed by atoms with Crippen molar-refractivity contribution in [1.29, 1.82) is 0 Å². The minimum absolute atomic E-state index is 0.431. The number of hydroxylamine groups is 1. The van der Waals surface area contributed by atoms with Gasteiger partial charge in [-0.25, -0.2) is 0 Å². The van der Waals surface area contributed by atoms with Crippen molar-refractivity contribution in [2.75, 3.05) is 13.1 Å². The minimum Gasteiger partial charge on any atom is -0.123 e. The molecule has 1 aliphatic rings. The van der Waals surface area contributed by atoms with Gasteiger partial charge in [0.1, 0.15) is 6.54 Å². The van der Waals surface area contributed by atoms with Crippen LogP contribution in [0.2, 0.25) is 0 Å². The lowest BCUT2D eigenvalue weighted by Crippen LogP contribution is -2.04. The molecule has 0 bridgehead atoms. The Kier molecular flexibility index (Phi) is 0.719. The van der Waals surface area contributed by atoms with E-state index in [0.29, 0.717) is 18.0 Å². The monoisotopic (exact) mass is 89.0 g/mol. The average Bonchev–Trinajstić information content (AvgIpc) is 1.86. The van der Waals surface area contributed by atoms with Gasteiger partial charge in [-0.2, -0.15) is 0 Å². The fourth-order valence-corrected chi connectivity index (χ4v) is 0.300. The van der Waals surface area contributed by atoms with E-state index in [2.05, 4.69) is 10.4 Å². The van der Waals surface area contributed by atoms with Gasteiger partial charge in [-0.05, 0) is 0 Å². The van der Waals surface area contributed by atoms with Crippen LogP contribution in [0, 0.1) is 4.91 Å². The molecular formula is C2H5N2O2+. The van der Waals surface area contributed by atoms with Crippen LogP contribution < -0.4 is 5.48 Å². The Balaban J connectivity index is 2.37. The van der Waals surface area contributed by atoms with Crippen LogP contribution in [0.1, 0.15) is 0 Å². The normalized spacial score (nSPS) is 21.0. The van der Waals surface area contributed by atoms with E-state index in [1.165, 1.54) is 0 Å². The van der Waals surface area contributed by atoms with Crippen molar-refractivity contribution in [2.45, 2.75) is 0 Å². The average molecular weight is 89.1 g/mol. The molecule has 1 rings (SSSR count). The molecule has 0 aromatic heterocycles. The Morgan fingerprint density at radius 3 is 2.83 bits per heavy atom. The van der Waals surface area contributed by atoms with Crippen molar-refractivity contribution in [3.8, 4) is 0 Å². The Bertz CT molecular complexity index is 63.9. The lowest BCUT2D eigenvalue weighted by Gasteiger charge is -1.69. The molecule has 0 atom stereocenters. The molecule has 34 valence electrons.